The molecule has 0 unspecified atom stereocenters. The van der Waals surface area contributed by atoms with Gasteiger partial charge in [-0.2, -0.15) is 0 Å². The van der Waals surface area contributed by atoms with Crippen LogP contribution in [0.25, 0.3) is 0 Å². The number of carbonyl (C=O) groups excluding carboxylic acids is 1. The summed E-state index contributed by atoms with van der Waals surface area (Å²) in [5, 5.41) is 8.48. The van der Waals surface area contributed by atoms with E-state index in [2.05, 4.69) is 0 Å². The summed E-state index contributed by atoms with van der Waals surface area (Å²) in [5.41, 5.74) is 0.131. The summed E-state index contributed by atoms with van der Waals surface area (Å²) in [5.74, 6) is -1.82. The van der Waals surface area contributed by atoms with Crippen LogP contribution in [-0.2, 0) is 9.53 Å². The molecule has 0 radical (unpaired) electrons. The number of rotatable bonds is 6. The highest BCUT2D eigenvalue weighted by molar-refractivity contribution is 6.39. The predicted octanol–water partition coefficient (Wildman–Crippen LogP) is 0.979. The number of ether oxygens (including phenoxy) is 2. The topological polar surface area (TPSA) is 72.8 Å². The molecule has 1 aromatic rings. The van der Waals surface area contributed by atoms with Gasteiger partial charge in [-0.1, -0.05) is 0 Å². The second-order valence-electron chi connectivity index (χ2n) is 3.00. The Labute approximate surface area is 92.6 Å². The van der Waals surface area contributed by atoms with Gasteiger partial charge in [0.05, 0.1) is 6.61 Å². The highest BCUT2D eigenvalue weighted by Crippen LogP contribution is 2.12. The van der Waals surface area contributed by atoms with Crippen molar-refractivity contribution in [1.29, 1.82) is 0 Å². The normalized spacial score (nSPS) is 9.81. The first-order valence-corrected chi connectivity index (χ1v) is 4.64. The first kappa shape index (κ1) is 12.2. The molecule has 1 aromatic carbocycles. The van der Waals surface area contributed by atoms with Crippen molar-refractivity contribution in [2.45, 2.75) is 0 Å². The van der Waals surface area contributed by atoms with Gasteiger partial charge in [0.15, 0.2) is 0 Å². The number of Topliss-reactive ketones (excluding diaryl/α,β-unsaturated/α-hetero) is 1. The lowest BCUT2D eigenvalue weighted by Gasteiger charge is -2.05. The quantitative estimate of drug-likeness (QED) is 0.443. The molecule has 0 saturated heterocycles. The molecule has 16 heavy (non-hydrogen) atoms. The first-order valence-electron chi connectivity index (χ1n) is 4.64. The highest BCUT2D eigenvalue weighted by atomic mass is 16.5. The van der Waals surface area contributed by atoms with Gasteiger partial charge in [0.2, 0.25) is 0 Å². The average molecular weight is 224 g/mol. The van der Waals surface area contributed by atoms with Crippen LogP contribution in [-0.4, -0.2) is 37.2 Å². The molecule has 0 aliphatic rings. The molecular weight excluding hydrogens is 212 g/mol. The van der Waals surface area contributed by atoms with Crippen LogP contribution < -0.4 is 4.74 Å². The molecule has 5 nitrogen and oxygen atoms in total. The lowest BCUT2D eigenvalue weighted by atomic mass is 10.1. The Morgan fingerprint density at radius 3 is 2.31 bits per heavy atom. The number of carboxylic acids is 1. The average Bonchev–Trinajstić information content (AvgIpc) is 2.29. The van der Waals surface area contributed by atoms with Crippen molar-refractivity contribution in [2.75, 3.05) is 20.3 Å². The summed E-state index contributed by atoms with van der Waals surface area (Å²) >= 11 is 0. The van der Waals surface area contributed by atoms with Gasteiger partial charge in [-0.25, -0.2) is 4.79 Å². The van der Waals surface area contributed by atoms with Crippen LogP contribution in [0.1, 0.15) is 10.4 Å². The van der Waals surface area contributed by atoms with E-state index >= 15 is 0 Å². The molecule has 1 N–H and O–H groups in total. The maximum absolute atomic E-state index is 11.1. The molecule has 0 spiro atoms. The minimum Gasteiger partial charge on any atom is -0.491 e. The summed E-state index contributed by atoms with van der Waals surface area (Å²) in [6.45, 7) is 0.874. The SMILES string of the molecule is COCCOc1ccc(C(=O)C(=O)O)cc1. The first-order chi connectivity index (χ1) is 7.65. The molecule has 0 aliphatic carbocycles. The summed E-state index contributed by atoms with van der Waals surface area (Å²) in [7, 11) is 1.57. The van der Waals surface area contributed by atoms with Gasteiger partial charge >= 0.3 is 5.97 Å². The zero-order valence-corrected chi connectivity index (χ0v) is 8.80. The molecular formula is C11H12O5. The molecule has 0 amide bonds. The predicted molar refractivity (Wildman–Crippen MR) is 55.8 cm³/mol. The molecule has 0 saturated carbocycles. The van der Waals surface area contributed by atoms with Crippen molar-refractivity contribution in [2.24, 2.45) is 0 Å². The van der Waals surface area contributed by atoms with Crippen molar-refractivity contribution < 1.29 is 24.2 Å². The van der Waals surface area contributed by atoms with E-state index in [1.54, 1.807) is 19.2 Å². The van der Waals surface area contributed by atoms with E-state index in [-0.39, 0.29) is 5.56 Å². The smallest absolute Gasteiger partial charge is 0.377 e. The number of hydrogen-bond donors (Lipinski definition) is 1. The maximum atomic E-state index is 11.1. The second kappa shape index (κ2) is 5.87. The highest BCUT2D eigenvalue weighted by Gasteiger charge is 2.13. The Morgan fingerprint density at radius 1 is 1.19 bits per heavy atom. The van der Waals surface area contributed by atoms with Crippen LogP contribution in [0.3, 0.4) is 0 Å². The van der Waals surface area contributed by atoms with Crippen LogP contribution in [0.4, 0.5) is 0 Å². The second-order valence-corrected chi connectivity index (χ2v) is 3.00. The van der Waals surface area contributed by atoms with E-state index in [1.165, 1.54) is 12.1 Å². The summed E-state index contributed by atoms with van der Waals surface area (Å²) in [6, 6.07) is 5.93. The lowest BCUT2D eigenvalue weighted by molar-refractivity contribution is -0.131. The fourth-order valence-corrected chi connectivity index (χ4v) is 1.07. The van der Waals surface area contributed by atoms with Gasteiger partial charge in [-0.3, -0.25) is 4.79 Å². The van der Waals surface area contributed by atoms with Gasteiger partial charge < -0.3 is 14.6 Å². The molecule has 5 heteroatoms. The van der Waals surface area contributed by atoms with Crippen molar-refractivity contribution in [1.82, 2.24) is 0 Å². The Kier molecular flexibility index (Phi) is 4.47. The van der Waals surface area contributed by atoms with Crippen molar-refractivity contribution >= 4 is 11.8 Å². The molecule has 0 bridgehead atoms. The van der Waals surface area contributed by atoms with E-state index in [4.69, 9.17) is 14.6 Å². The maximum Gasteiger partial charge on any atom is 0.377 e. The number of carbonyl (C=O) groups is 2. The summed E-state index contributed by atoms with van der Waals surface area (Å²) in [6.07, 6.45) is 0. The molecule has 0 aliphatic heterocycles. The molecule has 0 aromatic heterocycles. The lowest BCUT2D eigenvalue weighted by Crippen LogP contribution is -2.12. The number of aliphatic carboxylic acids is 1. The number of carboxylic acid groups (broad SMARTS) is 1. The fraction of sp³-hybridized carbons (Fsp3) is 0.273. The monoisotopic (exact) mass is 224 g/mol. The number of methoxy groups -OCH3 is 1. The Balaban J connectivity index is 2.61. The van der Waals surface area contributed by atoms with Gasteiger partial charge in [0.25, 0.3) is 5.78 Å². The number of ketones is 1. The standard InChI is InChI=1S/C11H12O5/c1-15-6-7-16-9-4-2-8(3-5-9)10(12)11(13)14/h2-5H,6-7H2,1H3,(H,13,14). The third-order valence-electron chi connectivity index (χ3n) is 1.87. The number of hydrogen-bond acceptors (Lipinski definition) is 4. The molecule has 0 heterocycles. The van der Waals surface area contributed by atoms with E-state index < -0.39 is 11.8 Å². The molecule has 0 atom stereocenters. The fourth-order valence-electron chi connectivity index (χ4n) is 1.07. The van der Waals surface area contributed by atoms with Crippen LogP contribution in [0.2, 0.25) is 0 Å². The zero-order chi connectivity index (χ0) is 12.0. The van der Waals surface area contributed by atoms with Crippen molar-refractivity contribution in [3.63, 3.8) is 0 Å². The van der Waals surface area contributed by atoms with Crippen LogP contribution in [0.5, 0.6) is 5.75 Å². The third kappa shape index (κ3) is 3.36. The van der Waals surface area contributed by atoms with E-state index in [9.17, 15) is 9.59 Å². The minimum atomic E-state index is -1.46. The Bertz CT molecular complexity index is 368. The van der Waals surface area contributed by atoms with Gasteiger partial charge in [-0.15, -0.1) is 0 Å². The Hall–Kier alpha value is -1.88. The van der Waals surface area contributed by atoms with Crippen molar-refractivity contribution in [3.8, 4) is 5.75 Å². The van der Waals surface area contributed by atoms with Gasteiger partial charge in [-0.05, 0) is 24.3 Å². The summed E-state index contributed by atoms with van der Waals surface area (Å²) < 4.78 is 10.1. The number of benzene rings is 1. The molecule has 1 rings (SSSR count). The van der Waals surface area contributed by atoms with Crippen molar-refractivity contribution in [3.05, 3.63) is 29.8 Å². The van der Waals surface area contributed by atoms with E-state index in [0.717, 1.165) is 0 Å². The largest absolute Gasteiger partial charge is 0.491 e. The van der Waals surface area contributed by atoms with Crippen LogP contribution in [0.15, 0.2) is 24.3 Å². The minimum absolute atomic E-state index is 0.131. The summed E-state index contributed by atoms with van der Waals surface area (Å²) in [4.78, 5) is 21.5. The Morgan fingerprint density at radius 2 is 1.81 bits per heavy atom. The van der Waals surface area contributed by atoms with E-state index in [0.29, 0.717) is 19.0 Å². The van der Waals surface area contributed by atoms with Crippen LogP contribution >= 0.6 is 0 Å². The zero-order valence-electron chi connectivity index (χ0n) is 8.80. The molecule has 0 fully saturated rings. The third-order valence-corrected chi connectivity index (χ3v) is 1.87. The van der Waals surface area contributed by atoms with Gasteiger partial charge in [0, 0.05) is 12.7 Å². The van der Waals surface area contributed by atoms with Gasteiger partial charge in [0.1, 0.15) is 12.4 Å². The molecule has 86 valence electrons. The van der Waals surface area contributed by atoms with E-state index in [1.807, 2.05) is 0 Å². The van der Waals surface area contributed by atoms with Crippen LogP contribution in [0, 0.1) is 0 Å².